The number of terminal acetylenes is 1. The molecule has 0 aromatic heterocycles. The third-order valence-corrected chi connectivity index (χ3v) is 5.90. The second-order valence-corrected chi connectivity index (χ2v) is 8.70. The van der Waals surface area contributed by atoms with Crippen molar-refractivity contribution in [1.29, 1.82) is 0 Å². The normalized spacial score (nSPS) is 19.8. The standard InChI is InChI=1S/C15H17IN2O3S/c1-2-7-18(14-6-8-22(20,21)11-14)10-15(19)17-13-5-3-4-12(16)9-13/h1,3-5,9,14H,6-8,10-11H2,(H,17,19). The molecule has 1 atom stereocenters. The summed E-state index contributed by atoms with van der Waals surface area (Å²) in [5, 5.41) is 2.81. The molecule has 0 bridgehead atoms. The maximum absolute atomic E-state index is 12.2. The Kier molecular flexibility index (Phi) is 5.83. The van der Waals surface area contributed by atoms with Crippen molar-refractivity contribution in [3.05, 3.63) is 27.8 Å². The lowest BCUT2D eigenvalue weighted by Gasteiger charge is -2.25. The van der Waals surface area contributed by atoms with E-state index >= 15 is 0 Å². The maximum Gasteiger partial charge on any atom is 0.238 e. The summed E-state index contributed by atoms with van der Waals surface area (Å²) in [5.41, 5.74) is 0.719. The number of nitrogens with zero attached hydrogens (tertiary/aromatic N) is 1. The quantitative estimate of drug-likeness (QED) is 0.564. The van der Waals surface area contributed by atoms with E-state index in [1.165, 1.54) is 0 Å². The lowest BCUT2D eigenvalue weighted by atomic mass is 10.2. The van der Waals surface area contributed by atoms with Gasteiger partial charge < -0.3 is 5.32 Å². The van der Waals surface area contributed by atoms with Gasteiger partial charge in [-0.1, -0.05) is 12.0 Å². The van der Waals surface area contributed by atoms with Crippen LogP contribution in [0, 0.1) is 15.9 Å². The van der Waals surface area contributed by atoms with Gasteiger partial charge in [0.15, 0.2) is 9.84 Å². The molecule has 1 aromatic rings. The molecule has 0 aliphatic carbocycles. The van der Waals surface area contributed by atoms with Gasteiger partial charge in [0, 0.05) is 15.3 Å². The summed E-state index contributed by atoms with van der Waals surface area (Å²) in [6, 6.07) is 7.29. The number of anilines is 1. The van der Waals surface area contributed by atoms with Crippen molar-refractivity contribution in [3.8, 4) is 12.3 Å². The lowest BCUT2D eigenvalue weighted by Crippen LogP contribution is -2.41. The van der Waals surface area contributed by atoms with Gasteiger partial charge in [0.25, 0.3) is 0 Å². The molecule has 2 rings (SSSR count). The Morgan fingerprint density at radius 3 is 2.86 bits per heavy atom. The zero-order valence-corrected chi connectivity index (χ0v) is 14.9. The molecule has 5 nitrogen and oxygen atoms in total. The van der Waals surface area contributed by atoms with E-state index in [2.05, 4.69) is 33.8 Å². The minimum atomic E-state index is -3.00. The van der Waals surface area contributed by atoms with Gasteiger partial charge >= 0.3 is 0 Å². The number of halogens is 1. The molecule has 1 fully saturated rings. The number of carbonyl (C=O) groups excluding carboxylic acids is 1. The summed E-state index contributed by atoms with van der Waals surface area (Å²) < 4.78 is 24.2. The predicted octanol–water partition coefficient (Wildman–Crippen LogP) is 1.35. The van der Waals surface area contributed by atoms with Gasteiger partial charge in [-0.2, -0.15) is 0 Å². The van der Waals surface area contributed by atoms with Gasteiger partial charge in [0.2, 0.25) is 5.91 Å². The van der Waals surface area contributed by atoms with Gasteiger partial charge in [0.1, 0.15) is 0 Å². The molecule has 1 unspecified atom stereocenters. The Morgan fingerprint density at radius 1 is 1.50 bits per heavy atom. The van der Waals surface area contributed by atoms with Crippen LogP contribution in [-0.4, -0.2) is 49.9 Å². The minimum absolute atomic E-state index is 0.0746. The van der Waals surface area contributed by atoms with E-state index in [0.29, 0.717) is 6.42 Å². The summed E-state index contributed by atoms with van der Waals surface area (Å²) in [7, 11) is -3.00. The number of sulfone groups is 1. The molecule has 1 saturated heterocycles. The van der Waals surface area contributed by atoms with Crippen molar-refractivity contribution in [2.45, 2.75) is 12.5 Å². The summed E-state index contributed by atoms with van der Waals surface area (Å²) in [6.45, 7) is 0.357. The Labute approximate surface area is 144 Å². The molecule has 1 aromatic carbocycles. The molecule has 1 N–H and O–H groups in total. The number of rotatable bonds is 5. The van der Waals surface area contributed by atoms with Crippen LogP contribution in [0.5, 0.6) is 0 Å². The molecule has 0 saturated carbocycles. The SMILES string of the molecule is C#CCN(CC(=O)Nc1cccc(I)c1)C1CCS(=O)(=O)C1. The van der Waals surface area contributed by atoms with Crippen LogP contribution in [0.1, 0.15) is 6.42 Å². The first-order chi connectivity index (χ1) is 10.4. The topological polar surface area (TPSA) is 66.5 Å². The smallest absolute Gasteiger partial charge is 0.238 e. The molecule has 1 heterocycles. The Bertz CT molecular complexity index is 697. The second-order valence-electron chi connectivity index (χ2n) is 5.22. The molecule has 0 spiro atoms. The molecule has 1 amide bonds. The molecule has 7 heteroatoms. The minimum Gasteiger partial charge on any atom is -0.325 e. The lowest BCUT2D eigenvalue weighted by molar-refractivity contribution is -0.117. The van der Waals surface area contributed by atoms with E-state index in [4.69, 9.17) is 6.42 Å². The average molecular weight is 432 g/mol. The zero-order chi connectivity index (χ0) is 16.2. The highest BCUT2D eigenvalue weighted by atomic mass is 127. The fourth-order valence-corrected chi connectivity index (χ4v) is 4.75. The Morgan fingerprint density at radius 2 is 2.27 bits per heavy atom. The van der Waals surface area contributed by atoms with Gasteiger partial charge in [-0.05, 0) is 47.2 Å². The molecule has 118 valence electrons. The highest BCUT2D eigenvalue weighted by molar-refractivity contribution is 14.1. The van der Waals surface area contributed by atoms with Crippen LogP contribution < -0.4 is 5.32 Å². The summed E-state index contributed by atoms with van der Waals surface area (Å²) in [5.74, 6) is 2.55. The molecular formula is C15H17IN2O3S. The summed E-state index contributed by atoms with van der Waals surface area (Å²) >= 11 is 2.17. The first-order valence-corrected chi connectivity index (χ1v) is 9.73. The van der Waals surface area contributed by atoms with Crippen LogP contribution in [0.3, 0.4) is 0 Å². The fourth-order valence-electron chi connectivity index (χ4n) is 2.45. The number of benzene rings is 1. The van der Waals surface area contributed by atoms with E-state index in [1.54, 1.807) is 4.90 Å². The first kappa shape index (κ1) is 17.2. The van der Waals surface area contributed by atoms with Crippen molar-refractivity contribution in [3.63, 3.8) is 0 Å². The Balaban J connectivity index is 1.99. The van der Waals surface area contributed by atoms with Gasteiger partial charge in [-0.15, -0.1) is 6.42 Å². The van der Waals surface area contributed by atoms with Crippen LogP contribution in [0.25, 0.3) is 0 Å². The van der Waals surface area contributed by atoms with E-state index in [9.17, 15) is 13.2 Å². The van der Waals surface area contributed by atoms with Crippen molar-refractivity contribution < 1.29 is 13.2 Å². The number of hydrogen-bond donors (Lipinski definition) is 1. The van der Waals surface area contributed by atoms with Crippen LogP contribution in [0.2, 0.25) is 0 Å². The zero-order valence-electron chi connectivity index (χ0n) is 12.0. The first-order valence-electron chi connectivity index (χ1n) is 6.83. The number of nitrogens with one attached hydrogen (secondary N) is 1. The van der Waals surface area contributed by atoms with Gasteiger partial charge in [0.05, 0.1) is 24.6 Å². The second kappa shape index (κ2) is 7.44. The van der Waals surface area contributed by atoms with Crippen LogP contribution in [-0.2, 0) is 14.6 Å². The fraction of sp³-hybridized carbons (Fsp3) is 0.400. The monoisotopic (exact) mass is 432 g/mol. The van der Waals surface area contributed by atoms with Crippen molar-refractivity contribution in [2.24, 2.45) is 0 Å². The molecule has 0 radical (unpaired) electrons. The average Bonchev–Trinajstić information content (AvgIpc) is 2.78. The van der Waals surface area contributed by atoms with Crippen molar-refractivity contribution in [2.75, 3.05) is 29.9 Å². The van der Waals surface area contributed by atoms with E-state index < -0.39 is 9.84 Å². The van der Waals surface area contributed by atoms with Crippen LogP contribution in [0.4, 0.5) is 5.69 Å². The predicted molar refractivity (Wildman–Crippen MR) is 95.3 cm³/mol. The maximum atomic E-state index is 12.2. The van der Waals surface area contributed by atoms with Gasteiger partial charge in [-0.25, -0.2) is 8.42 Å². The van der Waals surface area contributed by atoms with Gasteiger partial charge in [-0.3, -0.25) is 9.69 Å². The van der Waals surface area contributed by atoms with Crippen LogP contribution >= 0.6 is 22.6 Å². The van der Waals surface area contributed by atoms with E-state index in [0.717, 1.165) is 9.26 Å². The molecule has 1 aliphatic rings. The number of amides is 1. The Hall–Kier alpha value is -1.11. The van der Waals surface area contributed by atoms with Crippen molar-refractivity contribution >= 4 is 44.0 Å². The number of carbonyl (C=O) groups is 1. The molecule has 22 heavy (non-hydrogen) atoms. The van der Waals surface area contributed by atoms with Crippen LogP contribution in [0.15, 0.2) is 24.3 Å². The van der Waals surface area contributed by atoms with E-state index in [-0.39, 0.29) is 36.5 Å². The highest BCUT2D eigenvalue weighted by Crippen LogP contribution is 2.18. The largest absolute Gasteiger partial charge is 0.325 e. The number of hydrogen-bond acceptors (Lipinski definition) is 4. The summed E-state index contributed by atoms with van der Waals surface area (Å²) in [4.78, 5) is 13.9. The third-order valence-electron chi connectivity index (χ3n) is 3.47. The summed E-state index contributed by atoms with van der Waals surface area (Å²) in [6.07, 6.45) is 5.87. The molecule has 1 aliphatic heterocycles. The van der Waals surface area contributed by atoms with E-state index in [1.807, 2.05) is 24.3 Å². The third kappa shape index (κ3) is 4.97. The van der Waals surface area contributed by atoms with Crippen molar-refractivity contribution in [1.82, 2.24) is 4.90 Å². The highest BCUT2D eigenvalue weighted by Gasteiger charge is 2.32. The molecular weight excluding hydrogens is 415 g/mol.